The third-order valence-corrected chi connectivity index (χ3v) is 9.94. The van der Waals surface area contributed by atoms with E-state index in [9.17, 15) is 0 Å². The van der Waals surface area contributed by atoms with Gasteiger partial charge in [0.05, 0.1) is 33.1 Å². The lowest BCUT2D eigenvalue weighted by molar-refractivity contribution is 0.623. The number of benzene rings is 7. The monoisotopic (exact) mass is 638 g/mol. The first-order valence-electron chi connectivity index (χ1n) is 16.8. The minimum Gasteiger partial charge on any atom is -0.435 e. The standard InChI is InChI=1S/C45H26N4O/c1-3-12-27(13-4-1)44-46-36-20-9-7-19-33(36)41(48-44)31-17-11-16-29(24-31)30-22-23-39-35(25-30)40-42-34(32-18-8-10-21-38(32)49(39)42)26-37-43(40)50-45(47-37)28-14-5-2-6-15-28/h1-26H. The average molecular weight is 639 g/mol. The summed E-state index contributed by atoms with van der Waals surface area (Å²) < 4.78 is 9.03. The van der Waals surface area contributed by atoms with Gasteiger partial charge in [-0.25, -0.2) is 15.0 Å². The molecular formula is C45H26N4O. The highest BCUT2D eigenvalue weighted by molar-refractivity contribution is 6.30. The first-order chi connectivity index (χ1) is 24.8. The smallest absolute Gasteiger partial charge is 0.227 e. The topological polar surface area (TPSA) is 56.2 Å². The Labute approximate surface area is 286 Å². The number of hydrogen-bond acceptors (Lipinski definition) is 4. The average Bonchev–Trinajstić information content (AvgIpc) is 3.87. The van der Waals surface area contributed by atoms with Crippen LogP contribution in [0.25, 0.3) is 105 Å². The van der Waals surface area contributed by atoms with Gasteiger partial charge in [-0.05, 0) is 59.7 Å². The van der Waals surface area contributed by atoms with E-state index in [4.69, 9.17) is 19.4 Å². The number of aromatic nitrogens is 4. The third kappa shape index (κ3) is 3.92. The largest absolute Gasteiger partial charge is 0.435 e. The molecule has 11 aromatic rings. The predicted octanol–water partition coefficient (Wildman–Crippen LogP) is 11.6. The van der Waals surface area contributed by atoms with Crippen molar-refractivity contribution in [2.75, 3.05) is 0 Å². The molecule has 5 nitrogen and oxygen atoms in total. The maximum atomic E-state index is 6.64. The SMILES string of the molecule is c1ccc(-c2nc(-c3cccc(-c4ccc5c(c4)c4c6oc(-c7ccccc7)nc6cc6c7ccccc7n5c64)c3)c3ccccc3n2)cc1. The van der Waals surface area contributed by atoms with Crippen LogP contribution in [0.2, 0.25) is 0 Å². The fourth-order valence-corrected chi connectivity index (χ4v) is 7.68. The molecule has 0 aliphatic heterocycles. The van der Waals surface area contributed by atoms with Gasteiger partial charge < -0.3 is 8.82 Å². The number of oxazole rings is 1. The van der Waals surface area contributed by atoms with Crippen molar-refractivity contribution in [1.82, 2.24) is 19.4 Å². The van der Waals surface area contributed by atoms with Crippen molar-refractivity contribution in [3.8, 4) is 45.2 Å². The van der Waals surface area contributed by atoms with Crippen molar-refractivity contribution >= 4 is 60.1 Å². The molecule has 50 heavy (non-hydrogen) atoms. The fourth-order valence-electron chi connectivity index (χ4n) is 7.68. The summed E-state index contributed by atoms with van der Waals surface area (Å²) in [6.45, 7) is 0. The van der Waals surface area contributed by atoms with Crippen LogP contribution in [0.1, 0.15) is 0 Å². The van der Waals surface area contributed by atoms with E-state index in [1.165, 1.54) is 16.3 Å². The Morgan fingerprint density at radius 3 is 1.96 bits per heavy atom. The molecule has 0 aliphatic rings. The van der Waals surface area contributed by atoms with Gasteiger partial charge in [0.15, 0.2) is 11.4 Å². The molecule has 0 radical (unpaired) electrons. The number of nitrogens with zero attached hydrogens (tertiary/aromatic N) is 4. The van der Waals surface area contributed by atoms with Gasteiger partial charge in [0.2, 0.25) is 5.89 Å². The molecule has 0 spiro atoms. The molecule has 5 heteroatoms. The highest BCUT2D eigenvalue weighted by atomic mass is 16.3. The summed E-state index contributed by atoms with van der Waals surface area (Å²) >= 11 is 0. The van der Waals surface area contributed by atoms with Gasteiger partial charge in [0, 0.05) is 38.2 Å². The van der Waals surface area contributed by atoms with E-state index in [0.29, 0.717) is 5.89 Å². The van der Waals surface area contributed by atoms with Crippen LogP contribution in [-0.2, 0) is 0 Å². The molecule has 4 heterocycles. The normalized spacial score (nSPS) is 12.0. The Bertz CT molecular complexity index is 3090. The van der Waals surface area contributed by atoms with Crippen molar-refractivity contribution in [2.24, 2.45) is 0 Å². The molecule has 232 valence electrons. The molecule has 7 aromatic carbocycles. The van der Waals surface area contributed by atoms with Gasteiger partial charge in [-0.1, -0.05) is 109 Å². The van der Waals surface area contributed by atoms with E-state index < -0.39 is 0 Å². The highest BCUT2D eigenvalue weighted by Gasteiger charge is 2.23. The quantitative estimate of drug-likeness (QED) is 0.192. The van der Waals surface area contributed by atoms with E-state index in [-0.39, 0.29) is 0 Å². The van der Waals surface area contributed by atoms with Crippen LogP contribution in [0.3, 0.4) is 0 Å². The Kier molecular flexibility index (Phi) is 5.60. The molecule has 0 saturated heterocycles. The number of fused-ring (bicyclic) bond motifs is 9. The Balaban J connectivity index is 1.15. The van der Waals surface area contributed by atoms with Crippen molar-refractivity contribution < 1.29 is 4.42 Å². The van der Waals surface area contributed by atoms with Gasteiger partial charge in [-0.3, -0.25) is 0 Å². The lowest BCUT2D eigenvalue weighted by atomic mass is 9.98. The molecular weight excluding hydrogens is 613 g/mol. The number of para-hydroxylation sites is 2. The van der Waals surface area contributed by atoms with Crippen LogP contribution in [-0.4, -0.2) is 19.4 Å². The molecule has 0 unspecified atom stereocenters. The first kappa shape index (κ1) is 27.1. The van der Waals surface area contributed by atoms with Crippen LogP contribution >= 0.6 is 0 Å². The molecule has 4 aromatic heterocycles. The van der Waals surface area contributed by atoms with Gasteiger partial charge in [-0.2, -0.15) is 0 Å². The molecule has 0 fully saturated rings. The van der Waals surface area contributed by atoms with E-state index in [2.05, 4.69) is 108 Å². The minimum absolute atomic E-state index is 0.629. The van der Waals surface area contributed by atoms with Crippen molar-refractivity contribution in [1.29, 1.82) is 0 Å². The lowest BCUT2D eigenvalue weighted by Gasteiger charge is -2.11. The molecule has 0 N–H and O–H groups in total. The first-order valence-corrected chi connectivity index (χ1v) is 16.8. The summed E-state index contributed by atoms with van der Waals surface area (Å²) in [6.07, 6.45) is 0. The van der Waals surface area contributed by atoms with Crippen LogP contribution in [0.15, 0.2) is 162 Å². The van der Waals surface area contributed by atoms with E-state index in [0.717, 1.165) is 83.1 Å². The molecule has 0 saturated carbocycles. The Hall–Kier alpha value is -6.85. The maximum Gasteiger partial charge on any atom is 0.227 e. The highest BCUT2D eigenvalue weighted by Crippen LogP contribution is 2.45. The van der Waals surface area contributed by atoms with Crippen molar-refractivity contribution in [2.45, 2.75) is 0 Å². The maximum absolute atomic E-state index is 6.64. The van der Waals surface area contributed by atoms with Crippen LogP contribution in [0.4, 0.5) is 0 Å². The Morgan fingerprint density at radius 1 is 0.420 bits per heavy atom. The number of hydrogen-bond donors (Lipinski definition) is 0. The van der Waals surface area contributed by atoms with E-state index >= 15 is 0 Å². The zero-order valence-electron chi connectivity index (χ0n) is 26.7. The second kappa shape index (κ2) is 10.3. The summed E-state index contributed by atoms with van der Waals surface area (Å²) in [5, 5.41) is 5.65. The molecule has 11 rings (SSSR count). The van der Waals surface area contributed by atoms with Crippen molar-refractivity contribution in [3.05, 3.63) is 158 Å². The third-order valence-electron chi connectivity index (χ3n) is 9.94. The summed E-state index contributed by atoms with van der Waals surface area (Å²) in [5.74, 6) is 1.35. The summed E-state index contributed by atoms with van der Waals surface area (Å²) in [6, 6.07) is 54.8. The Morgan fingerprint density at radius 2 is 1.10 bits per heavy atom. The second-order valence-corrected chi connectivity index (χ2v) is 12.8. The fraction of sp³-hybridized carbons (Fsp3) is 0. The molecule has 0 atom stereocenters. The van der Waals surface area contributed by atoms with Gasteiger partial charge >= 0.3 is 0 Å². The summed E-state index contributed by atoms with van der Waals surface area (Å²) in [5.41, 5.74) is 12.2. The van der Waals surface area contributed by atoms with E-state index in [1.807, 2.05) is 54.6 Å². The molecule has 0 amide bonds. The lowest BCUT2D eigenvalue weighted by Crippen LogP contribution is -1.95. The van der Waals surface area contributed by atoms with Gasteiger partial charge in [-0.15, -0.1) is 0 Å². The zero-order chi connectivity index (χ0) is 32.8. The van der Waals surface area contributed by atoms with Crippen LogP contribution < -0.4 is 0 Å². The summed E-state index contributed by atoms with van der Waals surface area (Å²) in [4.78, 5) is 15.1. The number of rotatable bonds is 4. The molecule has 0 aliphatic carbocycles. The predicted molar refractivity (Wildman–Crippen MR) is 204 cm³/mol. The van der Waals surface area contributed by atoms with Gasteiger partial charge in [0.25, 0.3) is 0 Å². The van der Waals surface area contributed by atoms with Gasteiger partial charge in [0.1, 0.15) is 5.52 Å². The van der Waals surface area contributed by atoms with Crippen LogP contribution in [0.5, 0.6) is 0 Å². The second-order valence-electron chi connectivity index (χ2n) is 12.8. The minimum atomic E-state index is 0.629. The van der Waals surface area contributed by atoms with Crippen LogP contribution in [0, 0.1) is 0 Å². The summed E-state index contributed by atoms with van der Waals surface area (Å²) in [7, 11) is 0. The molecule has 0 bridgehead atoms. The van der Waals surface area contributed by atoms with Crippen molar-refractivity contribution in [3.63, 3.8) is 0 Å². The van der Waals surface area contributed by atoms with E-state index in [1.54, 1.807) is 0 Å². The zero-order valence-corrected chi connectivity index (χ0v) is 26.7.